The van der Waals surface area contributed by atoms with Gasteiger partial charge in [-0.2, -0.15) is 0 Å². The first-order chi connectivity index (χ1) is 7.68. The number of pyridine rings is 1. The third-order valence-corrected chi connectivity index (χ3v) is 2.91. The summed E-state index contributed by atoms with van der Waals surface area (Å²) < 4.78 is 5.31. The van der Waals surface area contributed by atoms with Gasteiger partial charge in [-0.05, 0) is 18.1 Å². The van der Waals surface area contributed by atoms with Crippen LogP contribution in [0, 0.1) is 5.92 Å². The predicted molar refractivity (Wildman–Crippen MR) is 63.0 cm³/mol. The molecule has 16 heavy (non-hydrogen) atoms. The van der Waals surface area contributed by atoms with Crippen LogP contribution in [0.25, 0.3) is 11.5 Å². The zero-order valence-electron chi connectivity index (χ0n) is 9.84. The van der Waals surface area contributed by atoms with Gasteiger partial charge >= 0.3 is 0 Å². The normalized spacial score (nSPS) is 13.0. The van der Waals surface area contributed by atoms with Gasteiger partial charge in [-0.15, -0.1) is 0 Å². The molecule has 2 aromatic heterocycles. The van der Waals surface area contributed by atoms with Gasteiger partial charge < -0.3 is 4.52 Å². The fraction of sp³-hybridized carbons (Fsp3) is 0.385. The van der Waals surface area contributed by atoms with Crippen molar-refractivity contribution in [1.82, 2.24) is 10.1 Å². The Morgan fingerprint density at radius 2 is 2.00 bits per heavy atom. The Bertz CT molecular complexity index is 448. The third-order valence-electron chi connectivity index (χ3n) is 2.91. The molecule has 0 amide bonds. The molecule has 2 heterocycles. The number of nitrogens with zero attached hydrogens (tertiary/aromatic N) is 2. The van der Waals surface area contributed by atoms with Crippen LogP contribution < -0.4 is 0 Å². The second-order valence-electron chi connectivity index (χ2n) is 4.36. The minimum absolute atomic E-state index is 0.404. The maximum atomic E-state index is 5.31. The lowest BCUT2D eigenvalue weighted by Crippen LogP contribution is -2.01. The second-order valence-corrected chi connectivity index (χ2v) is 4.36. The molecule has 84 valence electrons. The fourth-order valence-corrected chi connectivity index (χ4v) is 1.47. The first kappa shape index (κ1) is 10.9. The summed E-state index contributed by atoms with van der Waals surface area (Å²) in [6, 6.07) is 7.73. The van der Waals surface area contributed by atoms with Gasteiger partial charge in [-0.1, -0.05) is 32.0 Å². The summed E-state index contributed by atoms with van der Waals surface area (Å²) in [4.78, 5) is 4.23. The van der Waals surface area contributed by atoms with E-state index in [0.717, 1.165) is 17.1 Å². The SMILES string of the molecule is CC(C)C(C)c1cc(-c2ccccn2)on1. The van der Waals surface area contributed by atoms with Gasteiger partial charge in [0.2, 0.25) is 0 Å². The van der Waals surface area contributed by atoms with E-state index in [1.54, 1.807) is 6.20 Å². The molecule has 2 aromatic rings. The summed E-state index contributed by atoms with van der Waals surface area (Å²) in [5.74, 6) is 1.70. The monoisotopic (exact) mass is 216 g/mol. The van der Waals surface area contributed by atoms with Crippen LogP contribution in [0.4, 0.5) is 0 Å². The van der Waals surface area contributed by atoms with E-state index in [0.29, 0.717) is 11.8 Å². The van der Waals surface area contributed by atoms with Crippen molar-refractivity contribution in [3.05, 3.63) is 36.2 Å². The van der Waals surface area contributed by atoms with Gasteiger partial charge in [-0.25, -0.2) is 0 Å². The minimum atomic E-state index is 0.404. The van der Waals surface area contributed by atoms with Crippen molar-refractivity contribution in [2.45, 2.75) is 26.7 Å². The Morgan fingerprint density at radius 3 is 2.62 bits per heavy atom. The topological polar surface area (TPSA) is 38.9 Å². The van der Waals surface area contributed by atoms with E-state index in [1.165, 1.54) is 0 Å². The molecule has 1 unspecified atom stereocenters. The van der Waals surface area contributed by atoms with E-state index in [-0.39, 0.29) is 0 Å². The maximum Gasteiger partial charge on any atom is 0.185 e. The summed E-state index contributed by atoms with van der Waals surface area (Å²) in [5, 5.41) is 4.10. The van der Waals surface area contributed by atoms with Crippen LogP contribution in [-0.4, -0.2) is 10.1 Å². The molecule has 0 spiro atoms. The highest BCUT2D eigenvalue weighted by molar-refractivity contribution is 5.51. The van der Waals surface area contributed by atoms with Crippen LogP contribution in [0.1, 0.15) is 32.4 Å². The molecule has 0 saturated carbocycles. The largest absolute Gasteiger partial charge is 0.354 e. The van der Waals surface area contributed by atoms with E-state index in [4.69, 9.17) is 4.52 Å². The summed E-state index contributed by atoms with van der Waals surface area (Å²) >= 11 is 0. The standard InChI is InChI=1S/C13H16N2O/c1-9(2)10(3)12-8-13(16-15-12)11-6-4-5-7-14-11/h4-10H,1-3H3. The lowest BCUT2D eigenvalue weighted by Gasteiger charge is -2.10. The van der Waals surface area contributed by atoms with Crippen molar-refractivity contribution in [2.75, 3.05) is 0 Å². The molecule has 3 nitrogen and oxygen atoms in total. The summed E-state index contributed by atoms with van der Waals surface area (Å²) in [6.07, 6.45) is 1.75. The molecule has 2 rings (SSSR count). The number of rotatable bonds is 3. The third kappa shape index (κ3) is 2.13. The van der Waals surface area contributed by atoms with Crippen LogP contribution in [0.5, 0.6) is 0 Å². The lowest BCUT2D eigenvalue weighted by molar-refractivity contribution is 0.403. The van der Waals surface area contributed by atoms with Crippen LogP contribution >= 0.6 is 0 Å². The Labute approximate surface area is 95.5 Å². The zero-order chi connectivity index (χ0) is 11.5. The fourth-order valence-electron chi connectivity index (χ4n) is 1.47. The highest BCUT2D eigenvalue weighted by Gasteiger charge is 2.15. The van der Waals surface area contributed by atoms with E-state index in [1.807, 2.05) is 24.3 Å². The van der Waals surface area contributed by atoms with Gasteiger partial charge in [0.15, 0.2) is 5.76 Å². The van der Waals surface area contributed by atoms with Gasteiger partial charge in [0.05, 0.1) is 5.69 Å². The Balaban J connectivity index is 2.27. The zero-order valence-corrected chi connectivity index (χ0v) is 9.84. The molecule has 0 fully saturated rings. The minimum Gasteiger partial charge on any atom is -0.354 e. The summed E-state index contributed by atoms with van der Waals surface area (Å²) in [5.41, 5.74) is 1.83. The quantitative estimate of drug-likeness (QED) is 0.788. The predicted octanol–water partition coefficient (Wildman–Crippen LogP) is 3.50. The van der Waals surface area contributed by atoms with Crippen molar-refractivity contribution in [1.29, 1.82) is 0 Å². The number of aromatic nitrogens is 2. The van der Waals surface area contributed by atoms with Crippen molar-refractivity contribution < 1.29 is 4.52 Å². The van der Waals surface area contributed by atoms with Gasteiger partial charge in [0.25, 0.3) is 0 Å². The molecule has 1 atom stereocenters. The maximum absolute atomic E-state index is 5.31. The van der Waals surface area contributed by atoms with Crippen molar-refractivity contribution in [3.63, 3.8) is 0 Å². The van der Waals surface area contributed by atoms with Crippen molar-refractivity contribution in [3.8, 4) is 11.5 Å². The Hall–Kier alpha value is -1.64. The average molecular weight is 216 g/mol. The molecule has 0 radical (unpaired) electrons. The van der Waals surface area contributed by atoms with Crippen molar-refractivity contribution >= 4 is 0 Å². The van der Waals surface area contributed by atoms with Gasteiger partial charge in [0.1, 0.15) is 5.69 Å². The van der Waals surface area contributed by atoms with Crippen molar-refractivity contribution in [2.24, 2.45) is 5.92 Å². The first-order valence-electron chi connectivity index (χ1n) is 5.56. The number of hydrogen-bond acceptors (Lipinski definition) is 3. The molecule has 3 heteroatoms. The van der Waals surface area contributed by atoms with E-state index >= 15 is 0 Å². The molecular weight excluding hydrogens is 200 g/mol. The smallest absolute Gasteiger partial charge is 0.185 e. The highest BCUT2D eigenvalue weighted by atomic mass is 16.5. The lowest BCUT2D eigenvalue weighted by atomic mass is 9.94. The molecular formula is C13H16N2O. The van der Waals surface area contributed by atoms with E-state index in [9.17, 15) is 0 Å². The summed E-state index contributed by atoms with van der Waals surface area (Å²) in [6.45, 7) is 6.52. The second kappa shape index (κ2) is 4.47. The van der Waals surface area contributed by atoms with Gasteiger partial charge in [0, 0.05) is 18.2 Å². The van der Waals surface area contributed by atoms with Crippen LogP contribution in [0.15, 0.2) is 35.0 Å². The molecule has 0 aliphatic heterocycles. The molecule has 0 aliphatic carbocycles. The molecule has 0 N–H and O–H groups in total. The summed E-state index contributed by atoms with van der Waals surface area (Å²) in [7, 11) is 0. The van der Waals surface area contributed by atoms with Gasteiger partial charge in [-0.3, -0.25) is 4.98 Å². The van der Waals surface area contributed by atoms with Crippen LogP contribution in [0.3, 0.4) is 0 Å². The average Bonchev–Trinajstić information content (AvgIpc) is 2.78. The van der Waals surface area contributed by atoms with Crippen LogP contribution in [0.2, 0.25) is 0 Å². The first-order valence-corrected chi connectivity index (χ1v) is 5.56. The van der Waals surface area contributed by atoms with E-state index < -0.39 is 0 Å². The Kier molecular flexibility index (Phi) is 3.04. The van der Waals surface area contributed by atoms with Crippen LogP contribution in [-0.2, 0) is 0 Å². The Morgan fingerprint density at radius 1 is 1.19 bits per heavy atom. The van der Waals surface area contributed by atoms with E-state index in [2.05, 4.69) is 30.9 Å². The molecule has 0 bridgehead atoms. The molecule has 0 aromatic carbocycles. The number of hydrogen-bond donors (Lipinski definition) is 0. The highest BCUT2D eigenvalue weighted by Crippen LogP contribution is 2.26. The molecule has 0 saturated heterocycles. The molecule has 0 aliphatic rings.